The Kier molecular flexibility index (Phi) is 4.78. The molecule has 0 aliphatic heterocycles. The summed E-state index contributed by atoms with van der Waals surface area (Å²) in [6.45, 7) is 3.84. The maximum absolute atomic E-state index is 12.6. The van der Waals surface area contributed by atoms with Crippen LogP contribution >= 0.6 is 0 Å². The molecule has 0 atom stereocenters. The summed E-state index contributed by atoms with van der Waals surface area (Å²) < 4.78 is 37.7. The lowest BCUT2D eigenvalue weighted by Gasteiger charge is -2.10. The van der Waals surface area contributed by atoms with Crippen LogP contribution in [-0.2, 0) is 12.7 Å². The molecule has 1 aromatic heterocycles. The van der Waals surface area contributed by atoms with Crippen molar-refractivity contribution in [2.45, 2.75) is 26.6 Å². The molecule has 0 bridgehead atoms. The van der Waals surface area contributed by atoms with Gasteiger partial charge in [-0.1, -0.05) is 12.1 Å². The Morgan fingerprint density at radius 2 is 1.74 bits per heavy atom. The lowest BCUT2D eigenvalue weighted by Crippen LogP contribution is -2.26. The second-order valence-electron chi connectivity index (χ2n) is 6.35. The summed E-state index contributed by atoms with van der Waals surface area (Å²) in [5.41, 5.74) is 2.10. The van der Waals surface area contributed by atoms with Crippen molar-refractivity contribution in [1.29, 1.82) is 0 Å². The molecule has 3 rings (SSSR count). The molecule has 1 amide bonds. The molecule has 0 saturated heterocycles. The zero-order valence-electron chi connectivity index (χ0n) is 14.7. The molecule has 3 aromatic rings. The van der Waals surface area contributed by atoms with Gasteiger partial charge in [-0.3, -0.25) is 9.59 Å². The summed E-state index contributed by atoms with van der Waals surface area (Å²) in [4.78, 5) is 27.2. The summed E-state index contributed by atoms with van der Waals surface area (Å²) in [6, 6.07) is 9.44. The molecule has 0 saturated carbocycles. The summed E-state index contributed by atoms with van der Waals surface area (Å²) in [5, 5.41) is 3.41. The van der Waals surface area contributed by atoms with Crippen LogP contribution in [0.5, 0.6) is 0 Å². The van der Waals surface area contributed by atoms with Crippen molar-refractivity contribution >= 4 is 16.8 Å². The fourth-order valence-electron chi connectivity index (χ4n) is 2.79. The van der Waals surface area contributed by atoms with Gasteiger partial charge in [-0.2, -0.15) is 13.2 Å². The number of pyridine rings is 1. The van der Waals surface area contributed by atoms with Crippen LogP contribution in [0.2, 0.25) is 0 Å². The van der Waals surface area contributed by atoms with Gasteiger partial charge in [0.15, 0.2) is 0 Å². The molecule has 27 heavy (non-hydrogen) atoms. The first-order valence-corrected chi connectivity index (χ1v) is 8.24. The predicted molar refractivity (Wildman–Crippen MR) is 96.7 cm³/mol. The zero-order chi connectivity index (χ0) is 19.8. The molecule has 2 aromatic carbocycles. The predicted octanol–water partition coefficient (Wildman–Crippen LogP) is 4.09. The number of rotatable bonds is 3. The van der Waals surface area contributed by atoms with E-state index < -0.39 is 17.6 Å². The van der Waals surface area contributed by atoms with Gasteiger partial charge in [-0.25, -0.2) is 0 Å². The molecule has 140 valence electrons. The van der Waals surface area contributed by atoms with Crippen molar-refractivity contribution in [2.75, 3.05) is 0 Å². The topological polar surface area (TPSA) is 62.0 Å². The van der Waals surface area contributed by atoms with Crippen LogP contribution in [0, 0.1) is 13.8 Å². The molecule has 0 unspecified atom stereocenters. The van der Waals surface area contributed by atoms with Crippen molar-refractivity contribution in [3.8, 4) is 0 Å². The molecule has 2 N–H and O–H groups in total. The summed E-state index contributed by atoms with van der Waals surface area (Å²) >= 11 is 0. The highest BCUT2D eigenvalue weighted by atomic mass is 19.4. The molecule has 7 heteroatoms. The van der Waals surface area contributed by atoms with Crippen molar-refractivity contribution in [1.82, 2.24) is 10.3 Å². The lowest BCUT2D eigenvalue weighted by atomic mass is 10.0. The number of nitrogens with one attached hydrogen (secondary N) is 2. The number of amides is 1. The number of aromatic amines is 1. The highest BCUT2D eigenvalue weighted by Crippen LogP contribution is 2.29. The number of carbonyl (C=O) groups is 1. The molecule has 0 radical (unpaired) electrons. The van der Waals surface area contributed by atoms with Crippen molar-refractivity contribution in [3.05, 3.63) is 80.6 Å². The zero-order valence-corrected chi connectivity index (χ0v) is 14.7. The number of fused-ring (bicyclic) bond motifs is 1. The monoisotopic (exact) mass is 374 g/mol. The average Bonchev–Trinajstić information content (AvgIpc) is 2.63. The number of aryl methyl sites for hydroxylation is 2. The van der Waals surface area contributed by atoms with E-state index >= 15 is 0 Å². The normalized spacial score (nSPS) is 11.6. The van der Waals surface area contributed by atoms with Gasteiger partial charge < -0.3 is 10.3 Å². The van der Waals surface area contributed by atoms with Crippen LogP contribution in [0.15, 0.2) is 47.3 Å². The van der Waals surface area contributed by atoms with Crippen LogP contribution in [0.3, 0.4) is 0 Å². The molecule has 0 aliphatic carbocycles. The van der Waals surface area contributed by atoms with Crippen LogP contribution in [0.1, 0.15) is 32.6 Å². The van der Waals surface area contributed by atoms with E-state index in [0.717, 1.165) is 46.3 Å². The number of hydrogen-bond acceptors (Lipinski definition) is 2. The van der Waals surface area contributed by atoms with Crippen molar-refractivity contribution in [2.24, 2.45) is 0 Å². The third kappa shape index (κ3) is 3.86. The number of alkyl halides is 3. The van der Waals surface area contributed by atoms with E-state index in [-0.39, 0.29) is 17.7 Å². The van der Waals surface area contributed by atoms with Crippen LogP contribution in [0.4, 0.5) is 13.2 Å². The fourth-order valence-corrected chi connectivity index (χ4v) is 2.79. The summed E-state index contributed by atoms with van der Waals surface area (Å²) in [7, 11) is 0. The van der Waals surface area contributed by atoms with Gasteiger partial charge in [0.25, 0.3) is 11.5 Å². The number of H-pyrrole nitrogens is 1. The van der Waals surface area contributed by atoms with E-state index in [0.29, 0.717) is 5.56 Å². The Labute approximate surface area is 153 Å². The van der Waals surface area contributed by atoms with E-state index in [1.54, 1.807) is 6.07 Å². The fraction of sp³-hybridized carbons (Fsp3) is 0.200. The molecule has 0 aliphatic rings. The molecule has 4 nitrogen and oxygen atoms in total. The second-order valence-corrected chi connectivity index (χ2v) is 6.35. The van der Waals surface area contributed by atoms with E-state index in [1.165, 1.54) is 0 Å². The maximum Gasteiger partial charge on any atom is 0.416 e. The van der Waals surface area contributed by atoms with Gasteiger partial charge in [-0.05, 0) is 60.7 Å². The summed E-state index contributed by atoms with van der Waals surface area (Å²) in [6.07, 6.45) is -4.45. The molecular formula is C20H17F3N2O2. The number of aromatic nitrogens is 1. The molecule has 0 fully saturated rings. The lowest BCUT2D eigenvalue weighted by molar-refractivity contribution is -0.137. The minimum absolute atomic E-state index is 0.0297. The molecule has 1 heterocycles. The number of benzene rings is 2. The van der Waals surface area contributed by atoms with Crippen molar-refractivity contribution < 1.29 is 18.0 Å². The van der Waals surface area contributed by atoms with Gasteiger partial charge in [0.1, 0.15) is 0 Å². The Hall–Kier alpha value is -3.09. The number of hydrogen-bond donors (Lipinski definition) is 2. The Morgan fingerprint density at radius 3 is 2.37 bits per heavy atom. The number of carbonyl (C=O) groups excluding carboxylic acids is 1. The van der Waals surface area contributed by atoms with Gasteiger partial charge in [0, 0.05) is 17.7 Å². The third-order valence-electron chi connectivity index (χ3n) is 4.54. The average molecular weight is 374 g/mol. The van der Waals surface area contributed by atoms with E-state index in [9.17, 15) is 22.8 Å². The smallest absolute Gasteiger partial charge is 0.348 e. The number of halogens is 3. The molecule has 0 spiro atoms. The Bertz CT molecular complexity index is 1070. The van der Waals surface area contributed by atoms with E-state index in [1.807, 2.05) is 26.0 Å². The van der Waals surface area contributed by atoms with Gasteiger partial charge >= 0.3 is 6.18 Å². The van der Waals surface area contributed by atoms with Crippen LogP contribution in [-0.4, -0.2) is 10.9 Å². The van der Waals surface area contributed by atoms with Gasteiger partial charge in [0.05, 0.1) is 11.1 Å². The second kappa shape index (κ2) is 6.90. The quantitative estimate of drug-likeness (QED) is 0.725. The minimum atomic E-state index is -4.45. The first-order chi connectivity index (χ1) is 12.7. The maximum atomic E-state index is 12.6. The summed E-state index contributed by atoms with van der Waals surface area (Å²) in [5.74, 6) is -0.552. The largest absolute Gasteiger partial charge is 0.416 e. The van der Waals surface area contributed by atoms with Crippen LogP contribution in [0.25, 0.3) is 10.9 Å². The third-order valence-corrected chi connectivity index (χ3v) is 4.54. The SMILES string of the molecule is Cc1ccc2cc(CNC(=O)c3ccc(C(F)(F)F)cc3)c(=O)[nH]c2c1C. The highest BCUT2D eigenvalue weighted by molar-refractivity contribution is 5.94. The first kappa shape index (κ1) is 18.7. The Balaban J connectivity index is 1.78. The minimum Gasteiger partial charge on any atom is -0.348 e. The van der Waals surface area contributed by atoms with E-state index in [2.05, 4.69) is 10.3 Å². The highest BCUT2D eigenvalue weighted by Gasteiger charge is 2.30. The standard InChI is InChI=1S/C20H17F3N2O2/c1-11-3-4-14-9-15(19(27)25-17(14)12(11)2)10-24-18(26)13-5-7-16(8-6-13)20(21,22)23/h3-9H,10H2,1-2H3,(H,24,26)(H,25,27). The van der Waals surface area contributed by atoms with E-state index in [4.69, 9.17) is 0 Å². The first-order valence-electron chi connectivity index (χ1n) is 8.24. The Morgan fingerprint density at radius 1 is 1.07 bits per heavy atom. The van der Waals surface area contributed by atoms with Crippen LogP contribution < -0.4 is 10.9 Å². The van der Waals surface area contributed by atoms with Gasteiger partial charge in [-0.15, -0.1) is 0 Å². The molecular weight excluding hydrogens is 357 g/mol. The van der Waals surface area contributed by atoms with Gasteiger partial charge in [0.2, 0.25) is 0 Å². The van der Waals surface area contributed by atoms with Crippen molar-refractivity contribution in [3.63, 3.8) is 0 Å².